The minimum Gasteiger partial charge on any atom is -0.333 e. The zero-order valence-electron chi connectivity index (χ0n) is 16.3. The largest absolute Gasteiger partial charge is 0.333 e. The zero-order chi connectivity index (χ0) is 18.5. The van der Waals surface area contributed by atoms with Gasteiger partial charge in [0.2, 0.25) is 0 Å². The number of aryl methyl sites for hydroxylation is 3. The van der Waals surface area contributed by atoms with Gasteiger partial charge in [-0.1, -0.05) is 5.87 Å². The van der Waals surface area contributed by atoms with Crippen molar-refractivity contribution in [2.24, 2.45) is 0 Å². The fraction of sp³-hybridized carbons (Fsp3) is 0.381. The highest BCUT2D eigenvalue weighted by Crippen LogP contribution is 2.33. The predicted octanol–water partition coefficient (Wildman–Crippen LogP) is 5.38. The SMILES string of the molecule is C=S(Cc1ncc(C)c(C)c1C)c1nc2c(C)c(C)c(C)c(C)c2[nH]1. The van der Waals surface area contributed by atoms with E-state index in [1.54, 1.807) is 0 Å². The van der Waals surface area contributed by atoms with Crippen molar-refractivity contribution in [3.05, 3.63) is 50.8 Å². The van der Waals surface area contributed by atoms with E-state index >= 15 is 0 Å². The van der Waals surface area contributed by atoms with Crippen LogP contribution in [0.25, 0.3) is 11.0 Å². The van der Waals surface area contributed by atoms with E-state index in [-0.39, 0.29) is 10.5 Å². The Bertz CT molecular complexity index is 967. The van der Waals surface area contributed by atoms with Gasteiger partial charge in [0.1, 0.15) is 0 Å². The Kier molecular flexibility index (Phi) is 4.58. The fourth-order valence-electron chi connectivity index (χ4n) is 3.22. The van der Waals surface area contributed by atoms with E-state index in [0.717, 1.165) is 27.6 Å². The summed E-state index contributed by atoms with van der Waals surface area (Å²) in [5.74, 6) is 5.21. The van der Waals surface area contributed by atoms with Gasteiger partial charge in [0.05, 0.1) is 16.7 Å². The normalized spacial score (nSPS) is 12.8. The summed E-state index contributed by atoms with van der Waals surface area (Å²) in [6.45, 7) is 15.1. The summed E-state index contributed by atoms with van der Waals surface area (Å²) in [4.78, 5) is 13.1. The molecule has 0 bridgehead atoms. The van der Waals surface area contributed by atoms with Gasteiger partial charge in [0.25, 0.3) is 0 Å². The molecule has 0 aliphatic heterocycles. The molecule has 25 heavy (non-hydrogen) atoms. The number of rotatable bonds is 3. The van der Waals surface area contributed by atoms with Gasteiger partial charge >= 0.3 is 0 Å². The predicted molar refractivity (Wildman–Crippen MR) is 110 cm³/mol. The number of nitrogens with zero attached hydrogens (tertiary/aromatic N) is 2. The summed E-state index contributed by atoms with van der Waals surface area (Å²) in [5, 5.41) is 0.977. The smallest absolute Gasteiger partial charge is 0.160 e. The van der Waals surface area contributed by atoms with Crippen LogP contribution in [-0.4, -0.2) is 20.8 Å². The van der Waals surface area contributed by atoms with Crippen LogP contribution in [0.5, 0.6) is 0 Å². The first-order valence-electron chi connectivity index (χ1n) is 8.60. The van der Waals surface area contributed by atoms with Crippen molar-refractivity contribution in [3.63, 3.8) is 0 Å². The lowest BCUT2D eigenvalue weighted by atomic mass is 9.98. The minimum absolute atomic E-state index is 0.251. The molecule has 0 fully saturated rings. The summed E-state index contributed by atoms with van der Waals surface area (Å²) in [6.07, 6.45) is 1.97. The second-order valence-electron chi connectivity index (χ2n) is 7.04. The zero-order valence-corrected chi connectivity index (χ0v) is 17.1. The summed E-state index contributed by atoms with van der Waals surface area (Å²) < 4.78 is 0. The molecular formula is C21H27N3S. The number of nitrogens with one attached hydrogen (secondary N) is 1. The number of fused-ring (bicyclic) bond motifs is 1. The molecule has 0 radical (unpaired) electrons. The molecule has 4 heteroatoms. The van der Waals surface area contributed by atoms with Gasteiger partial charge in [-0.25, -0.2) is 4.98 Å². The van der Waals surface area contributed by atoms with Gasteiger partial charge in [0.15, 0.2) is 5.16 Å². The highest BCUT2D eigenvalue weighted by molar-refractivity contribution is 8.13. The van der Waals surface area contributed by atoms with Crippen LogP contribution in [-0.2, 0) is 5.75 Å². The second-order valence-corrected chi connectivity index (χ2v) is 8.70. The minimum atomic E-state index is -0.251. The van der Waals surface area contributed by atoms with Gasteiger partial charge in [0, 0.05) is 11.9 Å². The van der Waals surface area contributed by atoms with Crippen LogP contribution in [0, 0.1) is 48.5 Å². The topological polar surface area (TPSA) is 41.6 Å². The van der Waals surface area contributed by atoms with E-state index in [0.29, 0.717) is 0 Å². The van der Waals surface area contributed by atoms with Crippen molar-refractivity contribution >= 4 is 27.4 Å². The molecule has 3 rings (SSSR count). The van der Waals surface area contributed by atoms with Crippen LogP contribution >= 0.6 is 10.5 Å². The quantitative estimate of drug-likeness (QED) is 0.643. The summed E-state index contributed by atoms with van der Waals surface area (Å²) in [7, 11) is -0.251. The van der Waals surface area contributed by atoms with E-state index in [1.807, 2.05) is 6.20 Å². The molecule has 0 aliphatic rings. The van der Waals surface area contributed by atoms with E-state index in [1.165, 1.54) is 38.9 Å². The van der Waals surface area contributed by atoms with Gasteiger partial charge in [-0.05, 0) is 87.4 Å². The Morgan fingerprint density at radius 2 is 1.52 bits per heavy atom. The van der Waals surface area contributed by atoms with Crippen molar-refractivity contribution in [3.8, 4) is 0 Å². The molecule has 2 heterocycles. The number of hydrogen-bond acceptors (Lipinski definition) is 2. The molecule has 1 aromatic carbocycles. The third-order valence-electron chi connectivity index (χ3n) is 5.69. The number of aromatic amines is 1. The maximum Gasteiger partial charge on any atom is 0.160 e. The van der Waals surface area contributed by atoms with Crippen LogP contribution in [0.2, 0.25) is 0 Å². The van der Waals surface area contributed by atoms with Crippen molar-refractivity contribution in [2.45, 2.75) is 59.4 Å². The Labute approximate surface area is 152 Å². The maximum atomic E-state index is 4.91. The fourth-order valence-corrected chi connectivity index (χ4v) is 4.44. The molecule has 0 aliphatic carbocycles. The van der Waals surface area contributed by atoms with E-state index < -0.39 is 0 Å². The highest BCUT2D eigenvalue weighted by atomic mass is 32.2. The number of imidazole rings is 1. The van der Waals surface area contributed by atoms with E-state index in [4.69, 9.17) is 4.98 Å². The molecule has 1 unspecified atom stereocenters. The van der Waals surface area contributed by atoms with Crippen LogP contribution < -0.4 is 0 Å². The average Bonchev–Trinajstić information content (AvgIpc) is 3.04. The Balaban J connectivity index is 2.03. The Hall–Kier alpha value is -1.94. The van der Waals surface area contributed by atoms with Crippen LogP contribution in [0.1, 0.15) is 44.6 Å². The van der Waals surface area contributed by atoms with Gasteiger partial charge < -0.3 is 4.98 Å². The van der Waals surface area contributed by atoms with Crippen LogP contribution in [0.3, 0.4) is 0 Å². The van der Waals surface area contributed by atoms with Crippen LogP contribution in [0.4, 0.5) is 0 Å². The molecule has 0 saturated carbocycles. The lowest BCUT2D eigenvalue weighted by Gasteiger charge is -2.11. The lowest BCUT2D eigenvalue weighted by molar-refractivity contribution is 1.05. The second kappa shape index (κ2) is 6.41. The van der Waals surface area contributed by atoms with Crippen molar-refractivity contribution < 1.29 is 0 Å². The number of hydrogen-bond donors (Lipinski definition) is 1. The molecule has 132 valence electrons. The number of H-pyrrole nitrogens is 1. The number of benzene rings is 1. The summed E-state index contributed by atoms with van der Waals surface area (Å²) in [6, 6.07) is 0. The molecule has 3 aromatic rings. The Morgan fingerprint density at radius 3 is 2.20 bits per heavy atom. The first kappa shape index (κ1) is 17.9. The average molecular weight is 354 g/mol. The molecule has 0 amide bonds. The van der Waals surface area contributed by atoms with Gasteiger partial charge in [-0.3, -0.25) is 4.98 Å². The van der Waals surface area contributed by atoms with E-state index in [9.17, 15) is 0 Å². The highest BCUT2D eigenvalue weighted by Gasteiger charge is 2.15. The molecule has 1 N–H and O–H groups in total. The third kappa shape index (κ3) is 2.93. The monoisotopic (exact) mass is 353 g/mol. The van der Waals surface area contributed by atoms with E-state index in [2.05, 4.69) is 64.3 Å². The molecule has 0 spiro atoms. The third-order valence-corrected chi connectivity index (χ3v) is 7.05. The first-order chi connectivity index (χ1) is 11.7. The van der Waals surface area contributed by atoms with Crippen LogP contribution in [0.15, 0.2) is 11.4 Å². The summed E-state index contributed by atoms with van der Waals surface area (Å²) >= 11 is 0. The maximum absolute atomic E-state index is 4.91. The van der Waals surface area contributed by atoms with Gasteiger partial charge in [-0.2, -0.15) is 0 Å². The Morgan fingerprint density at radius 1 is 0.880 bits per heavy atom. The molecule has 1 atom stereocenters. The van der Waals surface area contributed by atoms with Crippen molar-refractivity contribution in [2.75, 3.05) is 0 Å². The lowest BCUT2D eigenvalue weighted by Crippen LogP contribution is -1.98. The molecule has 0 saturated heterocycles. The standard InChI is InChI=1S/C21H27N3S/c1-11-9-22-18(15(5)12(11)2)10-25(8)21-23-19-16(6)13(3)14(4)17(7)20(19)24-21/h9H,8,10H2,1-7H3,(H,23,24). The molecular weight excluding hydrogens is 326 g/mol. The number of aromatic nitrogens is 3. The molecule has 2 aromatic heterocycles. The van der Waals surface area contributed by atoms with Crippen molar-refractivity contribution in [1.29, 1.82) is 0 Å². The number of pyridine rings is 1. The molecule has 3 nitrogen and oxygen atoms in total. The van der Waals surface area contributed by atoms with Crippen molar-refractivity contribution in [1.82, 2.24) is 15.0 Å². The summed E-state index contributed by atoms with van der Waals surface area (Å²) in [5.41, 5.74) is 12.4. The first-order valence-corrected chi connectivity index (χ1v) is 10.2. The van der Waals surface area contributed by atoms with Gasteiger partial charge in [-0.15, -0.1) is 10.5 Å².